The van der Waals surface area contributed by atoms with Crippen molar-refractivity contribution < 1.29 is 28.5 Å². The topological polar surface area (TPSA) is 71.1 Å². The Morgan fingerprint density at radius 3 is 2.50 bits per heavy atom. The molecular weight excluding hydrogens is 360 g/mol. The molecule has 0 aliphatic carbocycles. The van der Waals surface area contributed by atoms with Crippen molar-refractivity contribution in [2.75, 3.05) is 14.2 Å². The van der Waals surface area contributed by atoms with Gasteiger partial charge in [-0.1, -0.05) is 31.9 Å². The highest BCUT2D eigenvalue weighted by atomic mass is 16.6. The third-order valence-corrected chi connectivity index (χ3v) is 4.73. The maximum atomic E-state index is 12.4. The van der Waals surface area contributed by atoms with Crippen LogP contribution in [0.15, 0.2) is 30.3 Å². The van der Waals surface area contributed by atoms with E-state index in [1.54, 1.807) is 24.3 Å². The van der Waals surface area contributed by atoms with Crippen molar-refractivity contribution in [2.45, 2.75) is 39.2 Å². The molecule has 6 heteroatoms. The number of hydrogen-bond donors (Lipinski definition) is 0. The zero-order valence-electron chi connectivity index (χ0n) is 16.4. The van der Waals surface area contributed by atoms with Gasteiger partial charge in [0.2, 0.25) is 5.75 Å². The molecule has 0 saturated carbocycles. The summed E-state index contributed by atoms with van der Waals surface area (Å²) in [7, 11) is 3.02. The average molecular weight is 384 g/mol. The van der Waals surface area contributed by atoms with Crippen LogP contribution in [-0.4, -0.2) is 26.2 Å². The monoisotopic (exact) mass is 384 g/mol. The average Bonchev–Trinajstić information content (AvgIpc) is 3.09. The van der Waals surface area contributed by atoms with E-state index in [1.807, 2.05) is 6.07 Å². The van der Waals surface area contributed by atoms with Gasteiger partial charge in [-0.05, 0) is 30.2 Å². The van der Waals surface area contributed by atoms with Gasteiger partial charge in [0.15, 0.2) is 11.5 Å². The van der Waals surface area contributed by atoms with Crippen LogP contribution in [0.5, 0.6) is 17.2 Å². The van der Waals surface area contributed by atoms with Crippen molar-refractivity contribution in [3.05, 3.63) is 41.5 Å². The Bertz CT molecular complexity index is 887. The lowest BCUT2D eigenvalue weighted by Crippen LogP contribution is -2.10. The Morgan fingerprint density at radius 2 is 1.79 bits per heavy atom. The van der Waals surface area contributed by atoms with E-state index < -0.39 is 0 Å². The van der Waals surface area contributed by atoms with Gasteiger partial charge in [0.05, 0.1) is 19.8 Å². The Morgan fingerprint density at radius 1 is 1.00 bits per heavy atom. The van der Waals surface area contributed by atoms with Crippen LogP contribution >= 0.6 is 0 Å². The van der Waals surface area contributed by atoms with E-state index >= 15 is 0 Å². The van der Waals surface area contributed by atoms with E-state index in [0.29, 0.717) is 29.0 Å². The Hall–Kier alpha value is -3.02. The van der Waals surface area contributed by atoms with Gasteiger partial charge in [-0.15, -0.1) is 0 Å². The van der Waals surface area contributed by atoms with Gasteiger partial charge in [0.1, 0.15) is 6.61 Å². The molecule has 0 unspecified atom stereocenters. The molecule has 0 bridgehead atoms. The summed E-state index contributed by atoms with van der Waals surface area (Å²) in [4.78, 5) is 24.4. The number of hydrogen-bond acceptors (Lipinski definition) is 6. The van der Waals surface area contributed by atoms with E-state index in [9.17, 15) is 9.59 Å². The number of rotatable bonds is 8. The third kappa shape index (κ3) is 3.81. The molecule has 0 saturated heterocycles. The quantitative estimate of drug-likeness (QED) is 0.378. The highest BCUT2D eigenvalue weighted by Gasteiger charge is 2.27. The fourth-order valence-electron chi connectivity index (χ4n) is 3.30. The molecule has 3 rings (SSSR count). The molecule has 0 aromatic heterocycles. The Kier molecular flexibility index (Phi) is 6.19. The first-order valence-corrected chi connectivity index (χ1v) is 9.35. The van der Waals surface area contributed by atoms with Crippen molar-refractivity contribution >= 4 is 11.9 Å². The number of esters is 2. The molecule has 1 aliphatic heterocycles. The van der Waals surface area contributed by atoms with Crippen molar-refractivity contribution in [2.24, 2.45) is 0 Å². The second-order valence-corrected chi connectivity index (χ2v) is 6.52. The van der Waals surface area contributed by atoms with E-state index in [0.717, 1.165) is 30.4 Å². The number of methoxy groups -OCH3 is 2. The van der Waals surface area contributed by atoms with Gasteiger partial charge >= 0.3 is 11.9 Å². The highest BCUT2D eigenvalue weighted by molar-refractivity contribution is 5.97. The van der Waals surface area contributed by atoms with Crippen molar-refractivity contribution in [1.82, 2.24) is 0 Å². The first-order chi connectivity index (χ1) is 13.6. The SMILES string of the molecule is CCCCCC(=O)Oc1c(-c2cccc3c2COC3=O)ccc(OC)c1OC. The first kappa shape index (κ1) is 19.7. The molecule has 0 spiro atoms. The first-order valence-electron chi connectivity index (χ1n) is 9.35. The lowest BCUT2D eigenvalue weighted by molar-refractivity contribution is -0.134. The van der Waals surface area contributed by atoms with Gasteiger partial charge in [-0.2, -0.15) is 0 Å². The number of carbonyl (C=O) groups excluding carboxylic acids is 2. The second kappa shape index (κ2) is 8.78. The molecule has 2 aromatic rings. The third-order valence-electron chi connectivity index (χ3n) is 4.73. The van der Waals surface area contributed by atoms with E-state index in [2.05, 4.69) is 6.92 Å². The zero-order chi connectivity index (χ0) is 20.1. The number of cyclic esters (lactones) is 1. The smallest absolute Gasteiger partial charge is 0.338 e. The lowest BCUT2D eigenvalue weighted by Gasteiger charge is -2.18. The van der Waals surface area contributed by atoms with Crippen LogP contribution in [0.3, 0.4) is 0 Å². The predicted molar refractivity (Wildman–Crippen MR) is 104 cm³/mol. The maximum absolute atomic E-state index is 12.4. The number of carbonyl (C=O) groups is 2. The summed E-state index contributed by atoms with van der Waals surface area (Å²) >= 11 is 0. The van der Waals surface area contributed by atoms with E-state index in [4.69, 9.17) is 18.9 Å². The fraction of sp³-hybridized carbons (Fsp3) is 0.364. The standard InChI is InChI=1S/C22H24O6/c1-4-5-6-10-19(23)28-20-15(11-12-18(25-2)21(20)26-3)14-8-7-9-16-17(14)13-27-22(16)24/h7-9,11-12H,4-6,10,13H2,1-3H3. The fourth-order valence-corrected chi connectivity index (χ4v) is 3.30. The molecule has 2 aromatic carbocycles. The summed E-state index contributed by atoms with van der Waals surface area (Å²) < 4.78 is 21.8. The van der Waals surface area contributed by atoms with E-state index in [-0.39, 0.29) is 24.3 Å². The number of fused-ring (bicyclic) bond motifs is 1. The summed E-state index contributed by atoms with van der Waals surface area (Å²) in [6.45, 7) is 2.26. The van der Waals surface area contributed by atoms with Gasteiger partial charge in [-0.3, -0.25) is 4.79 Å². The predicted octanol–water partition coefficient (Wildman–Crippen LogP) is 4.53. The van der Waals surface area contributed by atoms with Crippen LogP contribution in [0.1, 0.15) is 48.5 Å². The van der Waals surface area contributed by atoms with Gasteiger partial charge in [0.25, 0.3) is 0 Å². The van der Waals surface area contributed by atoms with Gasteiger partial charge in [-0.25, -0.2) is 4.79 Å². The molecule has 6 nitrogen and oxygen atoms in total. The molecule has 28 heavy (non-hydrogen) atoms. The molecular formula is C22H24O6. The normalized spacial score (nSPS) is 12.3. The van der Waals surface area contributed by atoms with Crippen LogP contribution in [0, 0.1) is 0 Å². The van der Waals surface area contributed by atoms with Crippen LogP contribution in [0.2, 0.25) is 0 Å². The van der Waals surface area contributed by atoms with Crippen LogP contribution in [0.4, 0.5) is 0 Å². The zero-order valence-corrected chi connectivity index (χ0v) is 16.4. The van der Waals surface area contributed by atoms with Crippen LogP contribution < -0.4 is 14.2 Å². The largest absolute Gasteiger partial charge is 0.493 e. The number of unbranched alkanes of at least 4 members (excludes halogenated alkanes) is 2. The maximum Gasteiger partial charge on any atom is 0.338 e. The van der Waals surface area contributed by atoms with E-state index in [1.165, 1.54) is 14.2 Å². The molecule has 0 atom stereocenters. The summed E-state index contributed by atoms with van der Waals surface area (Å²) in [5, 5.41) is 0. The molecule has 0 N–H and O–H groups in total. The number of benzene rings is 2. The Labute approximate surface area is 164 Å². The van der Waals surface area contributed by atoms with Crippen molar-refractivity contribution in [1.29, 1.82) is 0 Å². The summed E-state index contributed by atoms with van der Waals surface area (Å²) in [6, 6.07) is 8.93. The molecule has 0 amide bonds. The summed E-state index contributed by atoms with van der Waals surface area (Å²) in [6.07, 6.45) is 3.07. The minimum absolute atomic E-state index is 0.183. The molecule has 0 radical (unpaired) electrons. The number of ether oxygens (including phenoxy) is 4. The van der Waals surface area contributed by atoms with Gasteiger partial charge in [0, 0.05) is 17.5 Å². The van der Waals surface area contributed by atoms with Crippen molar-refractivity contribution in [3.63, 3.8) is 0 Å². The molecule has 1 aliphatic rings. The lowest BCUT2D eigenvalue weighted by atomic mass is 9.95. The molecule has 148 valence electrons. The molecule has 0 fully saturated rings. The molecule has 1 heterocycles. The summed E-state index contributed by atoms with van der Waals surface area (Å²) in [5.41, 5.74) is 2.70. The highest BCUT2D eigenvalue weighted by Crippen LogP contribution is 2.46. The Balaban J connectivity index is 2.07. The van der Waals surface area contributed by atoms with Crippen molar-refractivity contribution in [3.8, 4) is 28.4 Å². The second-order valence-electron chi connectivity index (χ2n) is 6.52. The van der Waals surface area contributed by atoms with Gasteiger partial charge < -0.3 is 18.9 Å². The van der Waals surface area contributed by atoms with Crippen LogP contribution in [-0.2, 0) is 16.1 Å². The minimum Gasteiger partial charge on any atom is -0.493 e. The van der Waals surface area contributed by atoms with Crippen LogP contribution in [0.25, 0.3) is 11.1 Å². The summed E-state index contributed by atoms with van der Waals surface area (Å²) in [5.74, 6) is 0.405. The minimum atomic E-state index is -0.351.